The van der Waals surface area contributed by atoms with Crippen molar-refractivity contribution >= 4 is 29.3 Å². The molecular formula is C25H29ClN4O5. The smallest absolute Gasteiger partial charge is 0.256 e. The van der Waals surface area contributed by atoms with Crippen molar-refractivity contribution < 1.29 is 23.8 Å². The van der Waals surface area contributed by atoms with Gasteiger partial charge in [-0.1, -0.05) is 11.6 Å². The number of hydrazone groups is 1. The van der Waals surface area contributed by atoms with Gasteiger partial charge in [-0.2, -0.15) is 5.10 Å². The van der Waals surface area contributed by atoms with Crippen molar-refractivity contribution in [2.24, 2.45) is 5.10 Å². The van der Waals surface area contributed by atoms with E-state index in [1.54, 1.807) is 48.4 Å². The van der Waals surface area contributed by atoms with Gasteiger partial charge in [-0.15, -0.1) is 0 Å². The first-order valence-corrected chi connectivity index (χ1v) is 11.9. The summed E-state index contributed by atoms with van der Waals surface area (Å²) >= 11 is 6.44. The van der Waals surface area contributed by atoms with Crippen molar-refractivity contribution in [3.63, 3.8) is 0 Å². The van der Waals surface area contributed by atoms with Crippen LogP contribution in [0.15, 0.2) is 41.5 Å². The molecule has 0 saturated carbocycles. The lowest BCUT2D eigenvalue weighted by Gasteiger charge is -2.31. The van der Waals surface area contributed by atoms with E-state index in [0.29, 0.717) is 52.3 Å². The van der Waals surface area contributed by atoms with Gasteiger partial charge in [0, 0.05) is 49.9 Å². The molecule has 0 radical (unpaired) electrons. The van der Waals surface area contributed by atoms with Crippen LogP contribution in [0, 0.1) is 0 Å². The molecule has 0 aromatic heterocycles. The van der Waals surface area contributed by atoms with Crippen LogP contribution in [-0.2, 0) is 4.74 Å². The van der Waals surface area contributed by atoms with Crippen molar-refractivity contribution in [2.45, 2.75) is 38.8 Å². The maximum Gasteiger partial charge on any atom is 0.256 e. The van der Waals surface area contributed by atoms with Crippen LogP contribution in [0.3, 0.4) is 0 Å². The van der Waals surface area contributed by atoms with Crippen LogP contribution in [0.4, 0.5) is 0 Å². The number of carbonyl (C=O) groups is 2. The van der Waals surface area contributed by atoms with Gasteiger partial charge in [0.15, 0.2) is 0 Å². The Morgan fingerprint density at radius 1 is 1.20 bits per heavy atom. The van der Waals surface area contributed by atoms with Crippen LogP contribution >= 0.6 is 11.6 Å². The van der Waals surface area contributed by atoms with Gasteiger partial charge >= 0.3 is 0 Å². The lowest BCUT2D eigenvalue weighted by molar-refractivity contribution is 0.0651. The van der Waals surface area contributed by atoms with E-state index in [1.807, 2.05) is 13.8 Å². The molecule has 2 aliphatic rings. The van der Waals surface area contributed by atoms with E-state index in [-0.39, 0.29) is 24.0 Å². The molecule has 9 nitrogen and oxygen atoms in total. The molecule has 4 rings (SSSR count). The van der Waals surface area contributed by atoms with E-state index in [2.05, 4.69) is 15.8 Å². The second-order valence-corrected chi connectivity index (χ2v) is 9.12. The fourth-order valence-corrected chi connectivity index (χ4v) is 3.95. The van der Waals surface area contributed by atoms with Gasteiger partial charge in [0.05, 0.1) is 11.6 Å². The Labute approximate surface area is 209 Å². The van der Waals surface area contributed by atoms with Crippen LogP contribution in [0.2, 0.25) is 5.02 Å². The molecule has 2 aromatic carbocycles. The number of amidine groups is 1. The number of ether oxygens (including phenoxy) is 3. The number of carbonyl (C=O) groups excluding carboxylic acids is 2. The van der Waals surface area contributed by atoms with E-state index >= 15 is 0 Å². The Morgan fingerprint density at radius 2 is 1.97 bits per heavy atom. The molecule has 1 saturated heterocycles. The molecule has 1 unspecified atom stereocenters. The third kappa shape index (κ3) is 6.23. The Balaban J connectivity index is 1.56. The van der Waals surface area contributed by atoms with Crippen LogP contribution in [0.1, 0.15) is 47.4 Å². The molecular weight excluding hydrogens is 472 g/mol. The summed E-state index contributed by atoms with van der Waals surface area (Å²) in [5.74, 6) is 1.34. The number of nitrogens with one attached hydrogen (secondary N) is 2. The molecule has 2 amide bonds. The first kappa shape index (κ1) is 24.8. The van der Waals surface area contributed by atoms with Crippen molar-refractivity contribution in [1.29, 1.82) is 0 Å². The number of halogens is 1. The Kier molecular flexibility index (Phi) is 7.77. The minimum atomic E-state index is -0.337. The SMILES string of the molecule is COC[C@H](C)Oc1cc(Oc2ccc(C(=O)N3CCC3)cc2Cl)cc(C(=O)NC2=NNC(C)C2)c1. The molecule has 10 heteroatoms. The topological polar surface area (TPSA) is 101 Å². The van der Waals surface area contributed by atoms with Gasteiger partial charge in [-0.25, -0.2) is 0 Å². The third-order valence-electron chi connectivity index (χ3n) is 5.61. The number of likely N-dealkylation sites (tertiary alicyclic amines) is 1. The monoisotopic (exact) mass is 500 g/mol. The Hall–Kier alpha value is -3.30. The van der Waals surface area contributed by atoms with Crippen LogP contribution in [0.25, 0.3) is 0 Å². The highest BCUT2D eigenvalue weighted by atomic mass is 35.5. The fourth-order valence-electron chi connectivity index (χ4n) is 3.73. The Morgan fingerprint density at radius 3 is 2.60 bits per heavy atom. The van der Waals surface area contributed by atoms with E-state index in [4.69, 9.17) is 25.8 Å². The summed E-state index contributed by atoms with van der Waals surface area (Å²) in [6.45, 7) is 5.74. The zero-order chi connectivity index (χ0) is 24.9. The van der Waals surface area contributed by atoms with Crippen LogP contribution < -0.4 is 20.2 Å². The number of hydrogen-bond donors (Lipinski definition) is 2. The van der Waals surface area contributed by atoms with Gasteiger partial charge in [0.25, 0.3) is 11.8 Å². The largest absolute Gasteiger partial charge is 0.488 e. The highest BCUT2D eigenvalue weighted by molar-refractivity contribution is 6.32. The second-order valence-electron chi connectivity index (χ2n) is 8.72. The van der Waals surface area contributed by atoms with E-state index in [1.165, 1.54) is 0 Å². The average molecular weight is 501 g/mol. The van der Waals surface area contributed by atoms with Crippen molar-refractivity contribution in [3.8, 4) is 17.2 Å². The zero-order valence-electron chi connectivity index (χ0n) is 20.0. The first-order valence-electron chi connectivity index (χ1n) is 11.5. The van der Waals surface area contributed by atoms with Crippen LogP contribution in [0.5, 0.6) is 17.2 Å². The molecule has 0 spiro atoms. The third-order valence-corrected chi connectivity index (χ3v) is 5.90. The standard InChI is InChI=1S/C25H29ClN4O5/c1-15-9-23(29-28-15)27-24(31)18-10-19(34-16(2)14-33-3)13-20(11-18)35-22-6-5-17(12-21(22)26)25(32)30-7-4-8-30/h5-6,10-13,15-16,28H,4,7-9,14H2,1-3H3,(H,27,29,31)/t15?,16-/m0/s1. The molecule has 0 aliphatic carbocycles. The van der Waals surface area contributed by atoms with Gasteiger partial charge in [0.2, 0.25) is 0 Å². The van der Waals surface area contributed by atoms with Crippen molar-refractivity contribution in [1.82, 2.24) is 15.6 Å². The predicted molar refractivity (Wildman–Crippen MR) is 133 cm³/mol. The lowest BCUT2D eigenvalue weighted by Crippen LogP contribution is -2.41. The minimum Gasteiger partial charge on any atom is -0.488 e. The second kappa shape index (κ2) is 11.0. The zero-order valence-corrected chi connectivity index (χ0v) is 20.7. The highest BCUT2D eigenvalue weighted by Crippen LogP contribution is 2.33. The number of hydrogen-bond acceptors (Lipinski definition) is 7. The summed E-state index contributed by atoms with van der Waals surface area (Å²) in [5.41, 5.74) is 3.77. The van der Waals surface area contributed by atoms with Crippen molar-refractivity contribution in [3.05, 3.63) is 52.5 Å². The van der Waals surface area contributed by atoms with Gasteiger partial charge in [-0.3, -0.25) is 9.59 Å². The minimum absolute atomic E-state index is 0.0511. The number of benzene rings is 2. The predicted octanol–water partition coefficient (Wildman–Crippen LogP) is 3.82. The maximum atomic E-state index is 12.9. The summed E-state index contributed by atoms with van der Waals surface area (Å²) in [4.78, 5) is 27.2. The molecule has 2 aliphatic heterocycles. The van der Waals surface area contributed by atoms with Gasteiger partial charge in [-0.05, 0) is 50.6 Å². The molecule has 0 bridgehead atoms. The number of amides is 2. The summed E-state index contributed by atoms with van der Waals surface area (Å²) in [6.07, 6.45) is 1.39. The lowest BCUT2D eigenvalue weighted by atomic mass is 10.1. The number of nitrogens with zero attached hydrogens (tertiary/aromatic N) is 2. The number of rotatable bonds is 8. The van der Waals surface area contributed by atoms with Gasteiger partial charge in [0.1, 0.15) is 29.2 Å². The summed E-state index contributed by atoms with van der Waals surface area (Å²) in [6, 6.07) is 10.0. The molecule has 186 valence electrons. The fraction of sp³-hybridized carbons (Fsp3) is 0.400. The number of methoxy groups -OCH3 is 1. The Bertz CT molecular complexity index is 1130. The molecule has 1 fully saturated rings. The molecule has 2 atom stereocenters. The molecule has 2 aromatic rings. The summed E-state index contributed by atoms with van der Waals surface area (Å²) < 4.78 is 17.1. The van der Waals surface area contributed by atoms with Gasteiger partial charge < -0.3 is 29.9 Å². The highest BCUT2D eigenvalue weighted by Gasteiger charge is 2.23. The van der Waals surface area contributed by atoms with E-state index < -0.39 is 0 Å². The average Bonchev–Trinajstić information content (AvgIpc) is 3.18. The van der Waals surface area contributed by atoms with E-state index in [0.717, 1.165) is 19.5 Å². The van der Waals surface area contributed by atoms with Crippen molar-refractivity contribution in [2.75, 3.05) is 26.8 Å². The molecule has 35 heavy (non-hydrogen) atoms. The van der Waals surface area contributed by atoms with E-state index in [9.17, 15) is 9.59 Å². The maximum absolute atomic E-state index is 12.9. The molecule has 2 N–H and O–H groups in total. The first-order chi connectivity index (χ1) is 16.8. The normalized spacial score (nSPS) is 17.7. The summed E-state index contributed by atoms with van der Waals surface area (Å²) in [7, 11) is 1.59. The quantitative estimate of drug-likeness (QED) is 0.571. The molecule has 2 heterocycles. The summed E-state index contributed by atoms with van der Waals surface area (Å²) in [5, 5.41) is 7.24. The van der Waals surface area contributed by atoms with Crippen LogP contribution in [-0.4, -0.2) is 61.5 Å².